The third kappa shape index (κ3) is 3.74. The lowest BCUT2D eigenvalue weighted by Crippen LogP contribution is -2.13. The van der Waals surface area contributed by atoms with Crippen LogP contribution in [0.3, 0.4) is 0 Å². The molecule has 0 fully saturated rings. The number of rotatable bonds is 4. The lowest BCUT2D eigenvalue weighted by Gasteiger charge is -2.03. The predicted molar refractivity (Wildman–Crippen MR) is 91.9 cm³/mol. The summed E-state index contributed by atoms with van der Waals surface area (Å²) in [6.07, 6.45) is 0. The second kappa shape index (κ2) is 6.60. The molecule has 2 aromatic carbocycles. The van der Waals surface area contributed by atoms with E-state index >= 15 is 0 Å². The Labute approximate surface area is 141 Å². The zero-order valence-electron chi connectivity index (χ0n) is 11.3. The molecule has 0 bridgehead atoms. The van der Waals surface area contributed by atoms with Crippen molar-refractivity contribution in [2.24, 2.45) is 0 Å². The topological polar surface area (TPSA) is 57.8 Å². The standard InChI is InChI=1S/C15H11Cl2N3OS/c16-9-1-4-11(5-2-9)18-14(21)8-22-15-19-12-6-3-10(17)7-13(12)20-15/h1-7H,8H2,(H,18,21)(H,19,20). The van der Waals surface area contributed by atoms with Gasteiger partial charge >= 0.3 is 0 Å². The average Bonchev–Trinajstić information content (AvgIpc) is 2.89. The maximum absolute atomic E-state index is 11.9. The van der Waals surface area contributed by atoms with E-state index in [0.717, 1.165) is 11.0 Å². The first-order chi connectivity index (χ1) is 10.6. The van der Waals surface area contributed by atoms with E-state index in [4.69, 9.17) is 23.2 Å². The third-order valence-corrected chi connectivity index (χ3v) is 4.25. The van der Waals surface area contributed by atoms with Gasteiger partial charge in [-0.1, -0.05) is 35.0 Å². The fourth-order valence-corrected chi connectivity index (χ4v) is 2.87. The molecule has 112 valence electrons. The Morgan fingerprint density at radius 2 is 1.86 bits per heavy atom. The van der Waals surface area contributed by atoms with Crippen molar-refractivity contribution in [3.8, 4) is 0 Å². The quantitative estimate of drug-likeness (QED) is 0.675. The van der Waals surface area contributed by atoms with Crippen molar-refractivity contribution >= 4 is 57.6 Å². The first kappa shape index (κ1) is 15.2. The highest BCUT2D eigenvalue weighted by molar-refractivity contribution is 7.99. The molecule has 7 heteroatoms. The number of H-pyrrole nitrogens is 1. The minimum atomic E-state index is -0.106. The number of aromatic amines is 1. The van der Waals surface area contributed by atoms with Gasteiger partial charge in [-0.15, -0.1) is 0 Å². The lowest BCUT2D eigenvalue weighted by atomic mass is 10.3. The highest BCUT2D eigenvalue weighted by Crippen LogP contribution is 2.22. The minimum Gasteiger partial charge on any atom is -0.333 e. The summed E-state index contributed by atoms with van der Waals surface area (Å²) >= 11 is 13.1. The number of carbonyl (C=O) groups is 1. The molecule has 0 aliphatic rings. The van der Waals surface area contributed by atoms with Crippen LogP contribution in [-0.4, -0.2) is 21.6 Å². The fourth-order valence-electron chi connectivity index (χ4n) is 1.89. The molecule has 22 heavy (non-hydrogen) atoms. The van der Waals surface area contributed by atoms with Crippen LogP contribution in [0, 0.1) is 0 Å². The first-order valence-electron chi connectivity index (χ1n) is 6.44. The molecule has 0 atom stereocenters. The summed E-state index contributed by atoms with van der Waals surface area (Å²) in [5.41, 5.74) is 2.39. The van der Waals surface area contributed by atoms with Crippen molar-refractivity contribution in [1.29, 1.82) is 0 Å². The number of fused-ring (bicyclic) bond motifs is 1. The Kier molecular flexibility index (Phi) is 4.57. The molecule has 0 aliphatic heterocycles. The van der Waals surface area contributed by atoms with Crippen molar-refractivity contribution in [2.75, 3.05) is 11.1 Å². The number of halogens is 2. The van der Waals surface area contributed by atoms with Crippen LogP contribution in [0.2, 0.25) is 10.0 Å². The van der Waals surface area contributed by atoms with Gasteiger partial charge in [0.2, 0.25) is 5.91 Å². The van der Waals surface area contributed by atoms with Crippen LogP contribution < -0.4 is 5.32 Å². The molecule has 0 aliphatic carbocycles. The molecule has 0 radical (unpaired) electrons. The number of nitrogens with one attached hydrogen (secondary N) is 2. The molecule has 3 aromatic rings. The van der Waals surface area contributed by atoms with E-state index in [9.17, 15) is 4.79 Å². The Morgan fingerprint density at radius 1 is 1.14 bits per heavy atom. The smallest absolute Gasteiger partial charge is 0.234 e. The van der Waals surface area contributed by atoms with Gasteiger partial charge in [0.1, 0.15) is 0 Å². The van der Waals surface area contributed by atoms with E-state index < -0.39 is 0 Å². The molecule has 1 heterocycles. The van der Waals surface area contributed by atoms with Gasteiger partial charge in [-0.2, -0.15) is 0 Å². The van der Waals surface area contributed by atoms with Crippen molar-refractivity contribution in [2.45, 2.75) is 5.16 Å². The molecule has 0 spiro atoms. The van der Waals surface area contributed by atoms with Crippen LogP contribution in [0.15, 0.2) is 47.6 Å². The van der Waals surface area contributed by atoms with Gasteiger partial charge in [0.15, 0.2) is 5.16 Å². The Hall–Kier alpha value is -1.69. The van der Waals surface area contributed by atoms with E-state index in [1.165, 1.54) is 11.8 Å². The first-order valence-corrected chi connectivity index (χ1v) is 8.18. The number of nitrogens with zero attached hydrogens (tertiary/aromatic N) is 1. The molecule has 0 saturated heterocycles. The van der Waals surface area contributed by atoms with E-state index in [0.29, 0.717) is 20.9 Å². The summed E-state index contributed by atoms with van der Waals surface area (Å²) < 4.78 is 0. The molecule has 2 N–H and O–H groups in total. The van der Waals surface area contributed by atoms with Crippen molar-refractivity contribution in [3.05, 3.63) is 52.5 Å². The molecule has 3 rings (SSSR count). The minimum absolute atomic E-state index is 0.106. The van der Waals surface area contributed by atoms with Crippen LogP contribution in [0.4, 0.5) is 5.69 Å². The highest BCUT2D eigenvalue weighted by Gasteiger charge is 2.08. The fraction of sp³-hybridized carbons (Fsp3) is 0.0667. The summed E-state index contributed by atoms with van der Waals surface area (Å²) in [5, 5.41) is 4.76. The van der Waals surface area contributed by atoms with Crippen LogP contribution in [0.25, 0.3) is 11.0 Å². The number of benzene rings is 2. The largest absolute Gasteiger partial charge is 0.333 e. The van der Waals surface area contributed by atoms with Crippen molar-refractivity contribution in [3.63, 3.8) is 0 Å². The third-order valence-electron chi connectivity index (χ3n) is 2.89. The summed E-state index contributed by atoms with van der Waals surface area (Å²) in [6.45, 7) is 0. The number of thioether (sulfide) groups is 1. The van der Waals surface area contributed by atoms with Crippen molar-refractivity contribution in [1.82, 2.24) is 9.97 Å². The van der Waals surface area contributed by atoms with E-state index in [-0.39, 0.29) is 11.7 Å². The summed E-state index contributed by atoms with van der Waals surface area (Å²) in [6, 6.07) is 12.4. The zero-order chi connectivity index (χ0) is 15.5. The maximum atomic E-state index is 11.9. The van der Waals surface area contributed by atoms with Crippen LogP contribution >= 0.6 is 35.0 Å². The monoisotopic (exact) mass is 351 g/mol. The van der Waals surface area contributed by atoms with E-state index in [1.54, 1.807) is 30.3 Å². The number of anilines is 1. The van der Waals surface area contributed by atoms with Gasteiger partial charge in [-0.05, 0) is 42.5 Å². The van der Waals surface area contributed by atoms with Crippen LogP contribution in [0.1, 0.15) is 0 Å². The van der Waals surface area contributed by atoms with Gasteiger partial charge in [0.25, 0.3) is 0 Å². The maximum Gasteiger partial charge on any atom is 0.234 e. The summed E-state index contributed by atoms with van der Waals surface area (Å²) in [7, 11) is 0. The molecule has 1 amide bonds. The predicted octanol–water partition coefficient (Wildman–Crippen LogP) is 4.60. The number of carbonyl (C=O) groups excluding carboxylic acids is 1. The molecular weight excluding hydrogens is 341 g/mol. The zero-order valence-corrected chi connectivity index (χ0v) is 13.6. The normalized spacial score (nSPS) is 10.8. The van der Waals surface area contributed by atoms with Crippen LogP contribution in [-0.2, 0) is 4.79 Å². The van der Waals surface area contributed by atoms with Gasteiger partial charge in [-0.25, -0.2) is 4.98 Å². The number of aromatic nitrogens is 2. The van der Waals surface area contributed by atoms with Crippen molar-refractivity contribution < 1.29 is 4.79 Å². The Morgan fingerprint density at radius 3 is 2.64 bits per heavy atom. The SMILES string of the molecule is O=C(CSc1nc2ccc(Cl)cc2[nH]1)Nc1ccc(Cl)cc1. The number of hydrogen-bond donors (Lipinski definition) is 2. The van der Waals surface area contributed by atoms with Gasteiger partial charge in [0.05, 0.1) is 16.8 Å². The number of amides is 1. The number of imidazole rings is 1. The second-order valence-electron chi connectivity index (χ2n) is 4.55. The number of hydrogen-bond acceptors (Lipinski definition) is 3. The summed E-state index contributed by atoms with van der Waals surface area (Å²) in [5.74, 6) is 0.154. The highest BCUT2D eigenvalue weighted by atomic mass is 35.5. The molecule has 0 unspecified atom stereocenters. The Balaban J connectivity index is 1.61. The van der Waals surface area contributed by atoms with Gasteiger partial charge in [-0.3, -0.25) is 4.79 Å². The molecule has 1 aromatic heterocycles. The van der Waals surface area contributed by atoms with Gasteiger partial charge in [0, 0.05) is 15.7 Å². The van der Waals surface area contributed by atoms with E-state index in [1.807, 2.05) is 12.1 Å². The lowest BCUT2D eigenvalue weighted by molar-refractivity contribution is -0.113. The van der Waals surface area contributed by atoms with Gasteiger partial charge < -0.3 is 10.3 Å². The molecule has 4 nitrogen and oxygen atoms in total. The second-order valence-corrected chi connectivity index (χ2v) is 6.38. The average molecular weight is 352 g/mol. The van der Waals surface area contributed by atoms with Crippen LogP contribution in [0.5, 0.6) is 0 Å². The molecule has 0 saturated carbocycles. The summed E-state index contributed by atoms with van der Waals surface area (Å²) in [4.78, 5) is 19.4. The Bertz CT molecular complexity index is 817. The van der Waals surface area contributed by atoms with E-state index in [2.05, 4.69) is 15.3 Å². The molecular formula is C15H11Cl2N3OS.